The third-order valence-electron chi connectivity index (χ3n) is 2.27. The summed E-state index contributed by atoms with van der Waals surface area (Å²) >= 11 is 0. The maximum absolute atomic E-state index is 11.6. The molecular weight excluding hydrogens is 244 g/mol. The average Bonchev–Trinajstić information content (AvgIpc) is 2.43. The molecule has 0 unspecified atom stereocenters. The standard InChI is InChI=1S/C14H20N2O3/c1-3-9-19-13-6-4-12(5-7-13)16-14(17)11-15-8-10-18-2/h3-7,15H,1,8-11H2,2H3,(H,16,17). The topological polar surface area (TPSA) is 59.6 Å². The number of nitrogens with one attached hydrogen (secondary N) is 2. The van der Waals surface area contributed by atoms with Gasteiger partial charge in [-0.2, -0.15) is 0 Å². The van der Waals surface area contributed by atoms with Crippen molar-refractivity contribution in [2.45, 2.75) is 0 Å². The van der Waals surface area contributed by atoms with Crippen molar-refractivity contribution in [3.8, 4) is 5.75 Å². The SMILES string of the molecule is C=CCOc1ccc(NC(=O)CNCCOC)cc1. The summed E-state index contributed by atoms with van der Waals surface area (Å²) < 4.78 is 10.2. The molecule has 0 fully saturated rings. The van der Waals surface area contributed by atoms with Crippen LogP contribution in [0.1, 0.15) is 0 Å². The number of methoxy groups -OCH3 is 1. The summed E-state index contributed by atoms with van der Waals surface area (Å²) in [5.74, 6) is 0.659. The van der Waals surface area contributed by atoms with Gasteiger partial charge in [0.05, 0.1) is 13.2 Å². The van der Waals surface area contributed by atoms with Crippen LogP contribution in [0.3, 0.4) is 0 Å². The van der Waals surface area contributed by atoms with Crippen molar-refractivity contribution in [1.29, 1.82) is 0 Å². The summed E-state index contributed by atoms with van der Waals surface area (Å²) in [6.45, 7) is 5.54. The Hall–Kier alpha value is -1.85. The quantitative estimate of drug-likeness (QED) is 0.523. The first-order valence-corrected chi connectivity index (χ1v) is 6.09. The molecule has 2 N–H and O–H groups in total. The van der Waals surface area contributed by atoms with Crippen LogP contribution in [-0.4, -0.2) is 39.3 Å². The van der Waals surface area contributed by atoms with Gasteiger partial charge in [0.25, 0.3) is 0 Å². The lowest BCUT2D eigenvalue weighted by molar-refractivity contribution is -0.115. The van der Waals surface area contributed by atoms with E-state index < -0.39 is 0 Å². The van der Waals surface area contributed by atoms with Gasteiger partial charge in [-0.25, -0.2) is 0 Å². The van der Waals surface area contributed by atoms with E-state index in [1.54, 1.807) is 37.5 Å². The molecule has 0 saturated heterocycles. The Labute approximate surface area is 113 Å². The van der Waals surface area contributed by atoms with Crippen LogP contribution in [0.15, 0.2) is 36.9 Å². The average molecular weight is 264 g/mol. The number of hydrogen-bond donors (Lipinski definition) is 2. The second kappa shape index (κ2) is 9.13. The fraction of sp³-hybridized carbons (Fsp3) is 0.357. The molecule has 0 bridgehead atoms. The monoisotopic (exact) mass is 264 g/mol. The smallest absolute Gasteiger partial charge is 0.238 e. The van der Waals surface area contributed by atoms with E-state index in [0.717, 1.165) is 11.4 Å². The molecule has 0 radical (unpaired) electrons. The van der Waals surface area contributed by atoms with Crippen molar-refractivity contribution in [2.75, 3.05) is 38.7 Å². The summed E-state index contributed by atoms with van der Waals surface area (Å²) in [5.41, 5.74) is 0.740. The summed E-state index contributed by atoms with van der Waals surface area (Å²) in [6, 6.07) is 7.20. The second-order valence-electron chi connectivity index (χ2n) is 3.84. The Bertz CT molecular complexity index is 390. The molecule has 19 heavy (non-hydrogen) atoms. The Kier molecular flexibility index (Phi) is 7.31. The third-order valence-corrected chi connectivity index (χ3v) is 2.27. The first kappa shape index (κ1) is 15.2. The minimum atomic E-state index is -0.0872. The molecule has 0 atom stereocenters. The number of ether oxygens (including phenoxy) is 2. The number of amides is 1. The Balaban J connectivity index is 2.31. The van der Waals surface area contributed by atoms with Crippen LogP contribution in [0.25, 0.3) is 0 Å². The fourth-order valence-corrected chi connectivity index (χ4v) is 1.37. The molecule has 1 amide bonds. The maximum atomic E-state index is 11.6. The molecule has 5 nitrogen and oxygen atoms in total. The van der Waals surface area contributed by atoms with Gasteiger partial charge in [-0.05, 0) is 24.3 Å². The van der Waals surface area contributed by atoms with Crippen LogP contribution in [-0.2, 0) is 9.53 Å². The number of carbonyl (C=O) groups excluding carboxylic acids is 1. The molecule has 5 heteroatoms. The minimum Gasteiger partial charge on any atom is -0.490 e. The highest BCUT2D eigenvalue weighted by molar-refractivity contribution is 5.92. The molecule has 1 aromatic rings. The fourth-order valence-electron chi connectivity index (χ4n) is 1.37. The van der Waals surface area contributed by atoms with E-state index in [9.17, 15) is 4.79 Å². The molecule has 0 spiro atoms. The summed E-state index contributed by atoms with van der Waals surface area (Å²) in [4.78, 5) is 11.6. The molecule has 0 saturated carbocycles. The molecule has 1 aromatic carbocycles. The molecular formula is C14H20N2O3. The molecule has 0 aliphatic rings. The van der Waals surface area contributed by atoms with Gasteiger partial charge in [0.15, 0.2) is 0 Å². The van der Waals surface area contributed by atoms with Gasteiger partial charge in [-0.3, -0.25) is 4.79 Å². The number of benzene rings is 1. The number of hydrogen-bond acceptors (Lipinski definition) is 4. The molecule has 0 heterocycles. The zero-order valence-electron chi connectivity index (χ0n) is 11.1. The number of carbonyl (C=O) groups is 1. The first-order chi connectivity index (χ1) is 9.26. The number of rotatable bonds is 9. The second-order valence-corrected chi connectivity index (χ2v) is 3.84. The number of anilines is 1. The molecule has 0 aromatic heterocycles. The predicted octanol–water partition coefficient (Wildman–Crippen LogP) is 1.43. The van der Waals surface area contributed by atoms with Crippen molar-refractivity contribution in [3.05, 3.63) is 36.9 Å². The van der Waals surface area contributed by atoms with Gasteiger partial charge in [0, 0.05) is 19.3 Å². The van der Waals surface area contributed by atoms with E-state index >= 15 is 0 Å². The van der Waals surface area contributed by atoms with E-state index in [1.807, 2.05) is 0 Å². The first-order valence-electron chi connectivity index (χ1n) is 6.09. The zero-order valence-corrected chi connectivity index (χ0v) is 11.1. The van der Waals surface area contributed by atoms with E-state index in [4.69, 9.17) is 9.47 Å². The molecule has 0 aliphatic carbocycles. The van der Waals surface area contributed by atoms with E-state index in [1.165, 1.54) is 0 Å². The van der Waals surface area contributed by atoms with Crippen LogP contribution >= 0.6 is 0 Å². The minimum absolute atomic E-state index is 0.0872. The maximum Gasteiger partial charge on any atom is 0.238 e. The van der Waals surface area contributed by atoms with E-state index in [-0.39, 0.29) is 12.5 Å². The van der Waals surface area contributed by atoms with Crippen molar-refractivity contribution in [3.63, 3.8) is 0 Å². The lowest BCUT2D eigenvalue weighted by atomic mass is 10.3. The Morgan fingerprint density at radius 2 is 2.11 bits per heavy atom. The predicted molar refractivity (Wildman–Crippen MR) is 75.5 cm³/mol. The van der Waals surface area contributed by atoms with Gasteiger partial charge in [0.1, 0.15) is 12.4 Å². The highest BCUT2D eigenvalue weighted by Gasteiger charge is 2.01. The van der Waals surface area contributed by atoms with Crippen LogP contribution in [0.5, 0.6) is 5.75 Å². The van der Waals surface area contributed by atoms with Gasteiger partial charge < -0.3 is 20.1 Å². The highest BCUT2D eigenvalue weighted by Crippen LogP contribution is 2.15. The van der Waals surface area contributed by atoms with Crippen molar-refractivity contribution >= 4 is 11.6 Å². The van der Waals surface area contributed by atoms with Gasteiger partial charge in [0.2, 0.25) is 5.91 Å². The van der Waals surface area contributed by atoms with E-state index in [2.05, 4.69) is 17.2 Å². The van der Waals surface area contributed by atoms with Crippen LogP contribution in [0.2, 0.25) is 0 Å². The molecule has 1 rings (SSSR count). The van der Waals surface area contributed by atoms with Crippen LogP contribution in [0.4, 0.5) is 5.69 Å². The summed E-state index contributed by atoms with van der Waals surface area (Å²) in [7, 11) is 1.62. The van der Waals surface area contributed by atoms with Crippen LogP contribution in [0, 0.1) is 0 Å². The van der Waals surface area contributed by atoms with Crippen molar-refractivity contribution in [2.24, 2.45) is 0 Å². The highest BCUT2D eigenvalue weighted by atomic mass is 16.5. The third kappa shape index (κ3) is 6.59. The summed E-state index contributed by atoms with van der Waals surface area (Å²) in [6.07, 6.45) is 1.68. The Morgan fingerprint density at radius 1 is 1.37 bits per heavy atom. The summed E-state index contributed by atoms with van der Waals surface area (Å²) in [5, 5.41) is 5.76. The molecule has 104 valence electrons. The van der Waals surface area contributed by atoms with Crippen molar-refractivity contribution in [1.82, 2.24) is 5.32 Å². The largest absolute Gasteiger partial charge is 0.490 e. The van der Waals surface area contributed by atoms with E-state index in [0.29, 0.717) is 19.8 Å². The van der Waals surface area contributed by atoms with Gasteiger partial charge in [-0.1, -0.05) is 12.7 Å². The van der Waals surface area contributed by atoms with Crippen LogP contribution < -0.4 is 15.4 Å². The zero-order chi connectivity index (χ0) is 13.9. The van der Waals surface area contributed by atoms with Crippen molar-refractivity contribution < 1.29 is 14.3 Å². The van der Waals surface area contributed by atoms with Gasteiger partial charge in [-0.15, -0.1) is 0 Å². The van der Waals surface area contributed by atoms with Gasteiger partial charge >= 0.3 is 0 Å². The Morgan fingerprint density at radius 3 is 2.74 bits per heavy atom. The molecule has 0 aliphatic heterocycles. The lowest BCUT2D eigenvalue weighted by Gasteiger charge is -2.08. The lowest BCUT2D eigenvalue weighted by Crippen LogP contribution is -2.30. The normalized spacial score (nSPS) is 9.95.